The van der Waals surface area contributed by atoms with Gasteiger partial charge in [0.15, 0.2) is 11.3 Å². The van der Waals surface area contributed by atoms with Crippen LogP contribution in [0.3, 0.4) is 0 Å². The topological polar surface area (TPSA) is 144 Å². The summed E-state index contributed by atoms with van der Waals surface area (Å²) in [6.07, 6.45) is 7.04. The summed E-state index contributed by atoms with van der Waals surface area (Å²) in [6.45, 7) is 1.43. The Balaban J connectivity index is 2.73. The average molecular weight is 390 g/mol. The van der Waals surface area contributed by atoms with Crippen LogP contribution in [0.25, 0.3) is 0 Å². The highest BCUT2D eigenvalue weighted by atomic mass is 32.2. The number of nitrogens with zero attached hydrogens (tertiary/aromatic N) is 2. The molecule has 0 spiro atoms. The van der Waals surface area contributed by atoms with Gasteiger partial charge in [-0.25, -0.2) is 4.31 Å². The average Bonchev–Trinajstić information content (AvgIpc) is 2.84. The van der Waals surface area contributed by atoms with Crippen molar-refractivity contribution >= 4 is 28.9 Å². The monoisotopic (exact) mass is 390 g/mol. The number of carbonyl (C=O) groups is 3. The minimum atomic E-state index is -2.92. The van der Waals surface area contributed by atoms with Gasteiger partial charge in [-0.3, -0.25) is 23.8 Å². The SMILES string of the molecule is CCCCCCCCCCN(S(=O)[O-])C1(C(=O)CN)CC(=O)N(O)C1=O. The van der Waals surface area contributed by atoms with Crippen molar-refractivity contribution in [3.63, 3.8) is 0 Å². The third-order valence-electron chi connectivity index (χ3n) is 4.66. The summed E-state index contributed by atoms with van der Waals surface area (Å²) in [5.74, 6) is -3.19. The highest BCUT2D eigenvalue weighted by Crippen LogP contribution is 2.32. The molecule has 1 heterocycles. The third-order valence-corrected chi connectivity index (χ3v) is 5.51. The zero-order chi connectivity index (χ0) is 19.7. The first-order valence-corrected chi connectivity index (χ1v) is 10.0. The lowest BCUT2D eigenvalue weighted by molar-refractivity contribution is -0.174. The number of rotatable bonds is 13. The third kappa shape index (κ3) is 5.17. The minimum Gasteiger partial charge on any atom is -0.760 e. The van der Waals surface area contributed by atoms with Crippen LogP contribution in [0.4, 0.5) is 0 Å². The van der Waals surface area contributed by atoms with Crippen LogP contribution >= 0.6 is 0 Å². The Labute approximate surface area is 156 Å². The standard InChI is InChI=1S/C16H29N3O6S/c1-2-3-4-5-6-7-8-9-10-18(26(24)25)16(13(20)12-17)11-14(21)19(23)15(16)22/h23H,2-12,17H2,1H3,(H,24,25)/p-1. The molecule has 1 fully saturated rings. The number of unbranched alkanes of at least 4 members (excludes halogenated alkanes) is 7. The van der Waals surface area contributed by atoms with Gasteiger partial charge in [-0.15, -0.1) is 0 Å². The molecule has 2 atom stereocenters. The van der Waals surface area contributed by atoms with Crippen LogP contribution in [-0.4, -0.2) is 59.6 Å². The van der Waals surface area contributed by atoms with E-state index < -0.39 is 47.4 Å². The van der Waals surface area contributed by atoms with E-state index in [-0.39, 0.29) is 11.6 Å². The van der Waals surface area contributed by atoms with Crippen molar-refractivity contribution in [1.82, 2.24) is 9.37 Å². The van der Waals surface area contributed by atoms with Gasteiger partial charge in [-0.1, -0.05) is 51.9 Å². The maximum atomic E-state index is 12.3. The highest BCUT2D eigenvalue weighted by molar-refractivity contribution is 7.76. The lowest BCUT2D eigenvalue weighted by atomic mass is 9.91. The van der Waals surface area contributed by atoms with E-state index in [0.717, 1.165) is 32.1 Å². The first-order valence-electron chi connectivity index (χ1n) is 8.99. The Bertz CT molecular complexity index is 544. The molecule has 10 heteroatoms. The van der Waals surface area contributed by atoms with Gasteiger partial charge in [0.25, 0.3) is 11.8 Å². The summed E-state index contributed by atoms with van der Waals surface area (Å²) in [5, 5.41) is 9.31. The lowest BCUT2D eigenvalue weighted by Crippen LogP contribution is -2.61. The zero-order valence-corrected chi connectivity index (χ0v) is 16.0. The fourth-order valence-corrected chi connectivity index (χ4v) is 3.94. The Morgan fingerprint density at radius 2 is 1.77 bits per heavy atom. The number of nitrogens with two attached hydrogens (primary N) is 1. The van der Waals surface area contributed by atoms with E-state index in [2.05, 4.69) is 6.92 Å². The molecule has 3 N–H and O–H groups in total. The normalized spacial score (nSPS) is 21.7. The van der Waals surface area contributed by atoms with Crippen LogP contribution in [0, 0.1) is 0 Å². The predicted molar refractivity (Wildman–Crippen MR) is 93.3 cm³/mol. The molecule has 2 amide bonds. The van der Waals surface area contributed by atoms with Gasteiger partial charge < -0.3 is 10.3 Å². The van der Waals surface area contributed by atoms with E-state index in [1.165, 1.54) is 12.8 Å². The smallest absolute Gasteiger partial charge is 0.282 e. The Kier molecular flexibility index (Phi) is 9.51. The molecule has 1 aliphatic heterocycles. The maximum Gasteiger partial charge on any atom is 0.282 e. The second-order valence-corrected chi connectivity index (χ2v) is 7.34. The van der Waals surface area contributed by atoms with Crippen LogP contribution in [0.15, 0.2) is 0 Å². The summed E-state index contributed by atoms with van der Waals surface area (Å²) in [7, 11) is 0. The van der Waals surface area contributed by atoms with Crippen molar-refractivity contribution < 1.29 is 28.4 Å². The Morgan fingerprint density at radius 1 is 1.23 bits per heavy atom. The fraction of sp³-hybridized carbons (Fsp3) is 0.812. The van der Waals surface area contributed by atoms with Crippen LogP contribution in [0.1, 0.15) is 64.7 Å². The molecule has 0 aromatic rings. The summed E-state index contributed by atoms with van der Waals surface area (Å²) in [6, 6.07) is 0. The molecule has 0 bridgehead atoms. The Hall–Kier alpha value is -1.20. The van der Waals surface area contributed by atoms with Crippen molar-refractivity contribution in [3.05, 3.63) is 0 Å². The number of imide groups is 1. The molecule has 1 saturated heterocycles. The van der Waals surface area contributed by atoms with Crippen molar-refractivity contribution in [3.8, 4) is 0 Å². The number of hydrogen-bond donors (Lipinski definition) is 2. The van der Waals surface area contributed by atoms with Crippen molar-refractivity contribution in [2.24, 2.45) is 5.73 Å². The molecule has 9 nitrogen and oxygen atoms in total. The van der Waals surface area contributed by atoms with E-state index in [1.54, 1.807) is 0 Å². The fourth-order valence-electron chi connectivity index (χ4n) is 3.16. The van der Waals surface area contributed by atoms with E-state index >= 15 is 0 Å². The van der Waals surface area contributed by atoms with Crippen LogP contribution < -0.4 is 5.73 Å². The number of carbonyl (C=O) groups excluding carboxylic acids is 3. The van der Waals surface area contributed by atoms with Gasteiger partial charge in [0.2, 0.25) is 0 Å². The number of hydrogen-bond acceptors (Lipinski definition) is 7. The summed E-state index contributed by atoms with van der Waals surface area (Å²) < 4.78 is 24.0. The molecular weight excluding hydrogens is 362 g/mol. The zero-order valence-electron chi connectivity index (χ0n) is 15.1. The van der Waals surface area contributed by atoms with Crippen molar-refractivity contribution in [2.75, 3.05) is 13.1 Å². The Morgan fingerprint density at radius 3 is 2.19 bits per heavy atom. The number of ketones is 1. The maximum absolute atomic E-state index is 12.3. The number of Topliss-reactive ketones (excluding diaryl/α,β-unsaturated/α-hetero) is 1. The second kappa shape index (κ2) is 10.8. The number of amides is 2. The highest BCUT2D eigenvalue weighted by Gasteiger charge is 2.60. The first kappa shape index (κ1) is 22.8. The molecule has 0 saturated carbocycles. The van der Waals surface area contributed by atoms with Gasteiger partial charge in [0, 0.05) is 17.8 Å². The molecule has 0 aliphatic carbocycles. The first-order chi connectivity index (χ1) is 12.3. The van der Waals surface area contributed by atoms with E-state index in [9.17, 15) is 28.4 Å². The quantitative estimate of drug-likeness (QED) is 0.154. The van der Waals surface area contributed by atoms with Gasteiger partial charge in [-0.05, 0) is 6.42 Å². The molecule has 0 aromatic heterocycles. The van der Waals surface area contributed by atoms with Gasteiger partial charge >= 0.3 is 0 Å². The molecule has 150 valence electrons. The molecular formula is C16H28N3O6S-. The summed E-state index contributed by atoms with van der Waals surface area (Å²) >= 11 is -2.92. The molecule has 2 unspecified atom stereocenters. The van der Waals surface area contributed by atoms with E-state index in [4.69, 9.17) is 5.73 Å². The van der Waals surface area contributed by atoms with Crippen LogP contribution in [-0.2, 0) is 25.7 Å². The second-order valence-electron chi connectivity index (χ2n) is 6.47. The number of hydroxylamine groups is 2. The van der Waals surface area contributed by atoms with Gasteiger partial charge in [0.1, 0.15) is 0 Å². The molecule has 1 aliphatic rings. The molecule has 0 radical (unpaired) electrons. The molecule has 0 aromatic carbocycles. The van der Waals surface area contributed by atoms with E-state index in [0.29, 0.717) is 10.7 Å². The van der Waals surface area contributed by atoms with Gasteiger partial charge in [0.05, 0.1) is 13.0 Å². The van der Waals surface area contributed by atoms with Crippen LogP contribution in [0.5, 0.6) is 0 Å². The lowest BCUT2D eigenvalue weighted by Gasteiger charge is -2.37. The largest absolute Gasteiger partial charge is 0.760 e. The molecule has 26 heavy (non-hydrogen) atoms. The van der Waals surface area contributed by atoms with E-state index in [1.807, 2.05) is 0 Å². The van der Waals surface area contributed by atoms with Crippen LogP contribution in [0.2, 0.25) is 0 Å². The minimum absolute atomic E-state index is 0.0936. The predicted octanol–water partition coefficient (Wildman–Crippen LogP) is 0.638. The molecule has 1 rings (SSSR count). The summed E-state index contributed by atoms with van der Waals surface area (Å²) in [4.78, 5) is 36.2. The van der Waals surface area contributed by atoms with Gasteiger partial charge in [-0.2, -0.15) is 5.06 Å². The summed E-state index contributed by atoms with van der Waals surface area (Å²) in [5.41, 5.74) is 3.05. The van der Waals surface area contributed by atoms with Crippen molar-refractivity contribution in [2.45, 2.75) is 70.3 Å². The van der Waals surface area contributed by atoms with Crippen molar-refractivity contribution in [1.29, 1.82) is 0 Å².